The molecular formula is C28H24ClN3O4. The molecule has 0 spiro atoms. The zero-order valence-corrected chi connectivity index (χ0v) is 20.3. The number of anilines is 1. The second-order valence-electron chi connectivity index (χ2n) is 7.72. The summed E-state index contributed by atoms with van der Waals surface area (Å²) in [6, 6.07) is 25.5. The lowest BCUT2D eigenvalue weighted by Gasteiger charge is -2.12. The summed E-state index contributed by atoms with van der Waals surface area (Å²) in [4.78, 5) is 24.7. The van der Waals surface area contributed by atoms with Crippen molar-refractivity contribution in [3.8, 4) is 11.5 Å². The summed E-state index contributed by atoms with van der Waals surface area (Å²) >= 11 is 6.09. The van der Waals surface area contributed by atoms with Crippen LogP contribution in [0.5, 0.6) is 11.5 Å². The fraction of sp³-hybridized carbons (Fsp3) is 0.107. The molecular weight excluding hydrogens is 478 g/mol. The Hall–Kier alpha value is -4.36. The van der Waals surface area contributed by atoms with Gasteiger partial charge in [-0.2, -0.15) is 5.10 Å². The van der Waals surface area contributed by atoms with Gasteiger partial charge in [-0.05, 0) is 65.7 Å². The van der Waals surface area contributed by atoms with Crippen LogP contribution in [0.1, 0.15) is 22.8 Å². The fourth-order valence-electron chi connectivity index (χ4n) is 3.44. The Bertz CT molecular complexity index is 1420. The minimum atomic E-state index is -0.589. The van der Waals surface area contributed by atoms with Crippen molar-refractivity contribution in [2.75, 3.05) is 18.5 Å². The summed E-state index contributed by atoms with van der Waals surface area (Å²) in [7, 11) is 0. The van der Waals surface area contributed by atoms with Crippen LogP contribution in [-0.2, 0) is 4.79 Å². The molecule has 8 heteroatoms. The molecule has 4 rings (SSSR count). The smallest absolute Gasteiger partial charge is 0.345 e. The maximum Gasteiger partial charge on any atom is 0.345 e. The molecule has 0 atom stereocenters. The van der Waals surface area contributed by atoms with Gasteiger partial charge in [-0.15, -0.1) is 0 Å². The second-order valence-corrected chi connectivity index (χ2v) is 8.12. The van der Waals surface area contributed by atoms with Gasteiger partial charge in [0, 0.05) is 5.69 Å². The Morgan fingerprint density at radius 3 is 2.50 bits per heavy atom. The van der Waals surface area contributed by atoms with Gasteiger partial charge in [-0.25, -0.2) is 10.2 Å². The fourth-order valence-corrected chi connectivity index (χ4v) is 3.65. The highest BCUT2D eigenvalue weighted by Crippen LogP contribution is 2.29. The summed E-state index contributed by atoms with van der Waals surface area (Å²) < 4.78 is 11.1. The number of fused-ring (bicyclic) bond motifs is 1. The van der Waals surface area contributed by atoms with E-state index in [0.717, 1.165) is 16.5 Å². The van der Waals surface area contributed by atoms with Crippen molar-refractivity contribution in [3.63, 3.8) is 0 Å². The first-order chi connectivity index (χ1) is 17.5. The van der Waals surface area contributed by atoms with E-state index in [0.29, 0.717) is 22.9 Å². The van der Waals surface area contributed by atoms with Crippen molar-refractivity contribution in [2.24, 2.45) is 5.10 Å². The summed E-state index contributed by atoms with van der Waals surface area (Å²) in [5.41, 5.74) is 4.24. The quantitative estimate of drug-likeness (QED) is 0.133. The molecule has 0 radical (unpaired) electrons. The lowest BCUT2D eigenvalue weighted by molar-refractivity contribution is -0.119. The summed E-state index contributed by atoms with van der Waals surface area (Å²) in [6.45, 7) is 2.26. The lowest BCUT2D eigenvalue weighted by Crippen LogP contribution is -2.25. The van der Waals surface area contributed by atoms with Crippen molar-refractivity contribution < 1.29 is 19.1 Å². The van der Waals surface area contributed by atoms with Gasteiger partial charge < -0.3 is 14.8 Å². The van der Waals surface area contributed by atoms with Crippen LogP contribution in [-0.4, -0.2) is 31.2 Å². The summed E-state index contributed by atoms with van der Waals surface area (Å²) in [5, 5.41) is 9.62. The lowest BCUT2D eigenvalue weighted by atomic mass is 10.1. The van der Waals surface area contributed by atoms with E-state index in [1.54, 1.807) is 42.5 Å². The van der Waals surface area contributed by atoms with Crippen LogP contribution < -0.4 is 20.2 Å². The molecule has 36 heavy (non-hydrogen) atoms. The van der Waals surface area contributed by atoms with Crippen molar-refractivity contribution >= 4 is 46.2 Å². The molecule has 0 aliphatic carbocycles. The molecule has 0 aliphatic heterocycles. The minimum Gasteiger partial charge on any atom is -0.490 e. The van der Waals surface area contributed by atoms with E-state index in [4.69, 9.17) is 21.1 Å². The molecule has 1 amide bonds. The van der Waals surface area contributed by atoms with E-state index in [9.17, 15) is 9.59 Å². The zero-order chi connectivity index (χ0) is 25.3. The predicted octanol–water partition coefficient (Wildman–Crippen LogP) is 5.67. The zero-order valence-electron chi connectivity index (χ0n) is 19.5. The molecule has 0 saturated carbocycles. The number of carbonyl (C=O) groups is 2. The molecule has 0 saturated heterocycles. The minimum absolute atomic E-state index is 0.0663. The molecule has 0 bridgehead atoms. The maximum absolute atomic E-state index is 12.5. The Balaban J connectivity index is 1.35. The number of ether oxygens (including phenoxy) is 2. The second kappa shape index (κ2) is 11.9. The van der Waals surface area contributed by atoms with Crippen molar-refractivity contribution in [3.05, 3.63) is 101 Å². The van der Waals surface area contributed by atoms with Crippen LogP contribution in [0.3, 0.4) is 0 Å². The first-order valence-electron chi connectivity index (χ1n) is 11.3. The number of esters is 1. The van der Waals surface area contributed by atoms with E-state index in [-0.39, 0.29) is 23.8 Å². The van der Waals surface area contributed by atoms with Gasteiger partial charge in [0.15, 0.2) is 11.5 Å². The normalized spacial score (nSPS) is 10.8. The van der Waals surface area contributed by atoms with Gasteiger partial charge >= 0.3 is 5.97 Å². The van der Waals surface area contributed by atoms with E-state index in [1.807, 2.05) is 49.4 Å². The van der Waals surface area contributed by atoms with Gasteiger partial charge in [0.1, 0.15) is 0 Å². The number of halogens is 1. The molecule has 0 heterocycles. The molecule has 0 fully saturated rings. The molecule has 182 valence electrons. The number of rotatable bonds is 9. The van der Waals surface area contributed by atoms with Gasteiger partial charge in [0.25, 0.3) is 5.91 Å². The molecule has 4 aromatic rings. The number of nitrogens with one attached hydrogen (secondary N) is 2. The van der Waals surface area contributed by atoms with Crippen LogP contribution in [0, 0.1) is 0 Å². The number of hydrogen-bond acceptors (Lipinski definition) is 6. The summed E-state index contributed by atoms with van der Waals surface area (Å²) in [5.74, 6) is -0.266. The van der Waals surface area contributed by atoms with Gasteiger partial charge in [-0.3, -0.25) is 4.79 Å². The predicted molar refractivity (Wildman–Crippen MR) is 142 cm³/mol. The first-order valence-corrected chi connectivity index (χ1v) is 11.7. The highest BCUT2D eigenvalue weighted by molar-refractivity contribution is 6.33. The number of amides is 1. The van der Waals surface area contributed by atoms with Gasteiger partial charge in [0.2, 0.25) is 0 Å². The van der Waals surface area contributed by atoms with Crippen molar-refractivity contribution in [1.29, 1.82) is 0 Å². The SMILES string of the molecule is CCOc1cc(C=NNC(=O)CNc2ccc3ccccc3c2)ccc1OC(=O)c1ccccc1Cl. The molecule has 2 N–H and O–H groups in total. The standard InChI is InChI=1S/C28H24ClN3O4/c1-2-35-26-15-19(11-14-25(26)36-28(34)23-9-5-6-10-24(23)29)17-31-32-27(33)18-30-22-13-12-20-7-3-4-8-21(20)16-22/h3-17,30H,2,18H2,1H3,(H,32,33). The Kier molecular flexibility index (Phi) is 8.16. The number of carbonyl (C=O) groups excluding carboxylic acids is 2. The number of benzene rings is 4. The number of hydrazone groups is 1. The Morgan fingerprint density at radius 1 is 0.917 bits per heavy atom. The van der Waals surface area contributed by atoms with Crippen LogP contribution in [0.4, 0.5) is 5.69 Å². The molecule has 0 aromatic heterocycles. The highest BCUT2D eigenvalue weighted by Gasteiger charge is 2.15. The van der Waals surface area contributed by atoms with E-state index >= 15 is 0 Å². The van der Waals surface area contributed by atoms with Gasteiger partial charge in [-0.1, -0.05) is 54.1 Å². The summed E-state index contributed by atoms with van der Waals surface area (Å²) in [6.07, 6.45) is 1.48. The topological polar surface area (TPSA) is 89.0 Å². The van der Waals surface area contributed by atoms with Crippen LogP contribution in [0.25, 0.3) is 10.8 Å². The Labute approximate surface area is 213 Å². The van der Waals surface area contributed by atoms with Crippen LogP contribution in [0.2, 0.25) is 5.02 Å². The number of nitrogens with zero attached hydrogens (tertiary/aromatic N) is 1. The van der Waals surface area contributed by atoms with Crippen molar-refractivity contribution in [1.82, 2.24) is 5.43 Å². The van der Waals surface area contributed by atoms with Crippen molar-refractivity contribution in [2.45, 2.75) is 6.92 Å². The largest absolute Gasteiger partial charge is 0.490 e. The molecule has 0 unspecified atom stereocenters. The third-order valence-corrected chi connectivity index (χ3v) is 5.50. The number of hydrogen-bond donors (Lipinski definition) is 2. The highest BCUT2D eigenvalue weighted by atomic mass is 35.5. The molecule has 4 aromatic carbocycles. The van der Waals surface area contributed by atoms with E-state index in [2.05, 4.69) is 15.8 Å². The third kappa shape index (κ3) is 6.40. The molecule has 0 aliphatic rings. The van der Waals surface area contributed by atoms with Crippen LogP contribution >= 0.6 is 11.6 Å². The van der Waals surface area contributed by atoms with Crippen LogP contribution in [0.15, 0.2) is 90.0 Å². The average Bonchev–Trinajstić information content (AvgIpc) is 2.89. The maximum atomic E-state index is 12.5. The Morgan fingerprint density at radius 2 is 1.69 bits per heavy atom. The van der Waals surface area contributed by atoms with E-state index in [1.165, 1.54) is 6.21 Å². The third-order valence-electron chi connectivity index (χ3n) is 5.17. The van der Waals surface area contributed by atoms with E-state index < -0.39 is 5.97 Å². The monoisotopic (exact) mass is 501 g/mol. The molecule has 7 nitrogen and oxygen atoms in total. The average molecular weight is 502 g/mol. The first kappa shape index (κ1) is 24.8. The van der Waals surface area contributed by atoms with Gasteiger partial charge in [0.05, 0.1) is 30.0 Å².